The smallest absolute Gasteiger partial charge is 0.343 e. The Balaban J connectivity index is 1.13. The Bertz CT molecular complexity index is 2050. The molecule has 1 aromatic heterocycles. The van der Waals surface area contributed by atoms with Crippen molar-refractivity contribution in [3.63, 3.8) is 0 Å². The summed E-state index contributed by atoms with van der Waals surface area (Å²) in [5, 5.41) is 22.1. The molecule has 0 spiro atoms. The molecule has 0 radical (unpaired) electrons. The normalized spacial score (nSPS) is 16.2. The molecular formula is C32H24FN7O7S. The van der Waals surface area contributed by atoms with Gasteiger partial charge in [0.25, 0.3) is 23.6 Å². The number of carbonyl (C=O) groups excluding carboxylic acids is 6. The van der Waals surface area contributed by atoms with E-state index >= 15 is 0 Å². The van der Waals surface area contributed by atoms with Crippen LogP contribution in [-0.4, -0.2) is 67.1 Å². The van der Waals surface area contributed by atoms with Gasteiger partial charge in [-0.25, -0.2) is 19.2 Å². The number of aromatic nitrogens is 1. The summed E-state index contributed by atoms with van der Waals surface area (Å²) in [7, 11) is 0. The Hall–Kier alpha value is -6.16. The Morgan fingerprint density at radius 1 is 1.02 bits per heavy atom. The quantitative estimate of drug-likeness (QED) is 0.205. The lowest BCUT2D eigenvalue weighted by Crippen LogP contribution is -2.58. The number of hydrogen-bond acceptors (Lipinski definition) is 10. The number of halogens is 1. The maximum atomic E-state index is 14.4. The number of aromatic hydroxyl groups is 1. The van der Waals surface area contributed by atoms with Crippen LogP contribution in [0.4, 0.5) is 20.0 Å². The molecule has 14 nitrogen and oxygen atoms in total. The number of benzene rings is 3. The van der Waals surface area contributed by atoms with Crippen molar-refractivity contribution in [2.45, 2.75) is 25.6 Å². The van der Waals surface area contributed by atoms with Crippen LogP contribution >= 0.6 is 11.3 Å². The molecule has 242 valence electrons. The molecule has 16 heteroatoms. The van der Waals surface area contributed by atoms with Crippen LogP contribution in [0.25, 0.3) is 0 Å². The van der Waals surface area contributed by atoms with Crippen molar-refractivity contribution in [3.05, 3.63) is 105 Å². The van der Waals surface area contributed by atoms with Gasteiger partial charge in [0.1, 0.15) is 17.6 Å². The van der Waals surface area contributed by atoms with Gasteiger partial charge in [-0.1, -0.05) is 18.2 Å². The molecule has 7 rings (SSSR count). The Morgan fingerprint density at radius 2 is 1.83 bits per heavy atom. The van der Waals surface area contributed by atoms with Crippen molar-refractivity contribution in [2.24, 2.45) is 0 Å². The highest BCUT2D eigenvalue weighted by atomic mass is 32.1. The highest BCUT2D eigenvalue weighted by Crippen LogP contribution is 2.39. The number of nitrogens with zero attached hydrogens (tertiary/aromatic N) is 4. The standard InChI is InChI=1S/C32H24FN7O7S/c33-18-5-7-23(41)21(13-18)26(27(43)37-31-34-9-11-48-31)38-15-17-2-1-3-22(25(17)30(38)46)35-14-16-4-6-19-20(12-16)29(45)40(28(19)44)39-10-8-24(42)36-32(39)47/h1-7,9,11-13,26,35,41H,8,10,14-15H2,(H,34,37,43)(H,36,42,47). The van der Waals surface area contributed by atoms with E-state index in [1.807, 2.05) is 0 Å². The summed E-state index contributed by atoms with van der Waals surface area (Å²) in [6.07, 6.45) is 1.43. The van der Waals surface area contributed by atoms with Gasteiger partial charge >= 0.3 is 6.03 Å². The topological polar surface area (TPSA) is 181 Å². The van der Waals surface area contributed by atoms with Gasteiger partial charge in [0.2, 0.25) is 5.91 Å². The second-order valence-electron chi connectivity index (χ2n) is 11.1. The van der Waals surface area contributed by atoms with E-state index in [0.717, 1.165) is 39.6 Å². The molecule has 1 fully saturated rings. The lowest BCUT2D eigenvalue weighted by atomic mass is 10.0. The molecule has 0 aliphatic carbocycles. The third-order valence-electron chi connectivity index (χ3n) is 8.16. The molecule has 1 atom stereocenters. The van der Waals surface area contributed by atoms with Crippen LogP contribution in [-0.2, 0) is 22.7 Å². The van der Waals surface area contributed by atoms with Gasteiger partial charge in [0, 0.05) is 42.3 Å². The number of amides is 7. The van der Waals surface area contributed by atoms with Gasteiger partial charge in [-0.15, -0.1) is 11.3 Å². The summed E-state index contributed by atoms with van der Waals surface area (Å²) in [5.74, 6) is -4.21. The summed E-state index contributed by atoms with van der Waals surface area (Å²) in [6, 6.07) is 10.6. The largest absolute Gasteiger partial charge is 0.508 e. The van der Waals surface area contributed by atoms with Crippen molar-refractivity contribution >= 4 is 57.7 Å². The number of rotatable bonds is 8. The molecular weight excluding hydrogens is 645 g/mol. The monoisotopic (exact) mass is 669 g/mol. The zero-order valence-corrected chi connectivity index (χ0v) is 25.5. The molecule has 1 unspecified atom stereocenters. The first-order chi connectivity index (χ1) is 23.1. The van der Waals surface area contributed by atoms with Gasteiger partial charge in [0.15, 0.2) is 5.13 Å². The minimum absolute atomic E-state index is 0.0173. The third-order valence-corrected chi connectivity index (χ3v) is 8.85. The zero-order chi connectivity index (χ0) is 33.7. The van der Waals surface area contributed by atoms with Crippen molar-refractivity contribution in [3.8, 4) is 5.75 Å². The minimum Gasteiger partial charge on any atom is -0.508 e. The highest BCUT2D eigenvalue weighted by Gasteiger charge is 2.43. The Labute approximate surface area is 274 Å². The summed E-state index contributed by atoms with van der Waals surface area (Å²) < 4.78 is 14.4. The summed E-state index contributed by atoms with van der Waals surface area (Å²) >= 11 is 1.16. The molecule has 3 aliphatic rings. The molecule has 3 aromatic carbocycles. The van der Waals surface area contributed by atoms with Crippen LogP contribution in [0.2, 0.25) is 0 Å². The fourth-order valence-corrected chi connectivity index (χ4v) is 6.47. The number of urea groups is 1. The summed E-state index contributed by atoms with van der Waals surface area (Å²) in [4.78, 5) is 83.0. The Morgan fingerprint density at radius 3 is 2.60 bits per heavy atom. The fraction of sp³-hybridized carbons (Fsp3) is 0.156. The van der Waals surface area contributed by atoms with Gasteiger partial charge in [-0.3, -0.25) is 34.6 Å². The van der Waals surface area contributed by atoms with Crippen LogP contribution < -0.4 is 16.0 Å². The van der Waals surface area contributed by atoms with E-state index in [9.17, 15) is 38.3 Å². The first kappa shape index (κ1) is 30.5. The van der Waals surface area contributed by atoms with E-state index in [0.29, 0.717) is 16.8 Å². The van der Waals surface area contributed by atoms with Gasteiger partial charge in [-0.2, -0.15) is 5.01 Å². The van der Waals surface area contributed by atoms with E-state index in [1.165, 1.54) is 23.2 Å². The third kappa shape index (κ3) is 5.27. The maximum absolute atomic E-state index is 14.4. The number of fused-ring (bicyclic) bond motifs is 2. The molecule has 1 saturated heterocycles. The average Bonchev–Trinajstić information content (AvgIpc) is 3.76. The number of hydrogen-bond donors (Lipinski definition) is 4. The van der Waals surface area contributed by atoms with E-state index in [2.05, 4.69) is 20.9 Å². The second kappa shape index (κ2) is 11.9. The van der Waals surface area contributed by atoms with E-state index < -0.39 is 47.4 Å². The molecule has 4 N–H and O–H groups in total. The Kier molecular flexibility index (Phi) is 7.55. The van der Waals surface area contributed by atoms with Gasteiger partial charge in [-0.05, 0) is 47.5 Å². The molecule has 3 aliphatic heterocycles. The summed E-state index contributed by atoms with van der Waals surface area (Å²) in [6.45, 7) is -0.0205. The molecule has 4 heterocycles. The molecule has 4 aromatic rings. The maximum Gasteiger partial charge on any atom is 0.343 e. The first-order valence-corrected chi connectivity index (χ1v) is 15.5. The van der Waals surface area contributed by atoms with Crippen LogP contribution in [0.5, 0.6) is 5.75 Å². The van der Waals surface area contributed by atoms with Gasteiger partial charge < -0.3 is 15.3 Å². The van der Waals surface area contributed by atoms with Crippen molar-refractivity contribution < 1.29 is 38.3 Å². The zero-order valence-electron chi connectivity index (χ0n) is 24.7. The summed E-state index contributed by atoms with van der Waals surface area (Å²) in [5.41, 5.74) is 1.93. The van der Waals surface area contributed by atoms with Crippen molar-refractivity contribution in [1.82, 2.24) is 25.2 Å². The van der Waals surface area contributed by atoms with Crippen molar-refractivity contribution in [1.29, 1.82) is 0 Å². The number of thiazole rings is 1. The van der Waals surface area contributed by atoms with E-state index in [1.54, 1.807) is 29.6 Å². The fourth-order valence-electron chi connectivity index (χ4n) is 5.94. The van der Waals surface area contributed by atoms with E-state index in [-0.39, 0.29) is 59.2 Å². The van der Waals surface area contributed by atoms with Crippen molar-refractivity contribution in [2.75, 3.05) is 17.2 Å². The number of phenols is 1. The van der Waals surface area contributed by atoms with Crippen LogP contribution in [0.15, 0.2) is 66.2 Å². The van der Waals surface area contributed by atoms with E-state index in [4.69, 9.17) is 0 Å². The minimum atomic E-state index is -1.40. The second-order valence-corrected chi connectivity index (χ2v) is 12.0. The van der Waals surface area contributed by atoms with Gasteiger partial charge in [0.05, 0.1) is 23.2 Å². The van der Waals surface area contributed by atoms with Crippen LogP contribution in [0, 0.1) is 5.82 Å². The lowest BCUT2D eigenvalue weighted by molar-refractivity contribution is -0.123. The lowest BCUT2D eigenvalue weighted by Gasteiger charge is -2.32. The number of anilines is 2. The SMILES string of the molecule is O=C1CCN(N2C(=O)c3ccc(CNc4cccc5c4C(=O)N(C(C(=O)Nc4nccs4)c4cc(F)ccc4O)C5)cc3C2=O)C(=O)N1. The molecule has 48 heavy (non-hydrogen) atoms. The predicted molar refractivity (Wildman–Crippen MR) is 167 cm³/mol. The van der Waals surface area contributed by atoms with Crippen LogP contribution in [0.1, 0.15) is 60.2 Å². The molecule has 0 saturated carbocycles. The predicted octanol–water partition coefficient (Wildman–Crippen LogP) is 3.39. The number of phenolic OH excluding ortho intramolecular Hbond substituents is 1. The molecule has 7 amide bonds. The average molecular weight is 670 g/mol. The number of imide groups is 2. The highest BCUT2D eigenvalue weighted by molar-refractivity contribution is 7.13. The number of carbonyl (C=O) groups is 6. The number of nitrogens with one attached hydrogen (secondary N) is 3. The number of hydrazine groups is 1. The first-order valence-electron chi connectivity index (χ1n) is 14.6. The molecule has 0 bridgehead atoms. The van der Waals surface area contributed by atoms with Crippen LogP contribution in [0.3, 0.4) is 0 Å².